The first-order valence-corrected chi connectivity index (χ1v) is 8.14. The normalized spacial score (nSPS) is 15.0. The number of carbonyl (C=O) groups is 1. The number of benzene rings is 2. The summed E-state index contributed by atoms with van der Waals surface area (Å²) >= 11 is 0. The van der Waals surface area contributed by atoms with Gasteiger partial charge >= 0.3 is 0 Å². The monoisotopic (exact) mass is 309 g/mol. The van der Waals surface area contributed by atoms with E-state index in [-0.39, 0.29) is 5.91 Å². The molecule has 0 aromatic heterocycles. The van der Waals surface area contributed by atoms with Crippen molar-refractivity contribution in [2.45, 2.75) is 39.8 Å². The van der Waals surface area contributed by atoms with Crippen LogP contribution in [0, 0.1) is 13.8 Å². The highest BCUT2D eigenvalue weighted by atomic mass is 16.5. The molecule has 0 unspecified atom stereocenters. The number of rotatable bonds is 3. The van der Waals surface area contributed by atoms with Crippen LogP contribution in [-0.4, -0.2) is 23.5 Å². The molecule has 0 radical (unpaired) electrons. The quantitative estimate of drug-likeness (QED) is 0.866. The average molecular weight is 309 g/mol. The third-order valence-electron chi connectivity index (χ3n) is 4.65. The summed E-state index contributed by atoms with van der Waals surface area (Å²) in [6.45, 7) is 7.35. The summed E-state index contributed by atoms with van der Waals surface area (Å²) < 4.78 is 5.94. The van der Waals surface area contributed by atoms with Gasteiger partial charge in [0.05, 0.1) is 0 Å². The molecule has 3 heteroatoms. The first-order valence-electron chi connectivity index (χ1n) is 8.14. The molecule has 23 heavy (non-hydrogen) atoms. The second kappa shape index (κ2) is 6.45. The number of hydrogen-bond donors (Lipinski definition) is 0. The van der Waals surface area contributed by atoms with Crippen LogP contribution in [0.15, 0.2) is 42.5 Å². The maximum atomic E-state index is 12.7. The molecule has 0 N–H and O–H groups in total. The summed E-state index contributed by atoms with van der Waals surface area (Å²) in [5.74, 6) is 0.851. The molecule has 1 aliphatic rings. The van der Waals surface area contributed by atoms with Crippen LogP contribution in [-0.2, 0) is 17.8 Å². The van der Waals surface area contributed by atoms with Crippen molar-refractivity contribution in [3.05, 3.63) is 64.7 Å². The number of nitrogens with zero attached hydrogens (tertiary/aromatic N) is 1. The highest BCUT2D eigenvalue weighted by Crippen LogP contribution is 2.23. The SMILES string of the molecule is Cc1cccc(O[C@H](C)C(=O)N2CCc3ccccc3C2)c1C. The Kier molecular flexibility index (Phi) is 4.37. The predicted molar refractivity (Wildman–Crippen MR) is 91.6 cm³/mol. The van der Waals surface area contributed by atoms with Crippen LogP contribution in [0.5, 0.6) is 5.75 Å². The molecule has 3 rings (SSSR count). The fourth-order valence-electron chi connectivity index (χ4n) is 3.03. The lowest BCUT2D eigenvalue weighted by atomic mass is 9.99. The molecule has 0 bridgehead atoms. The van der Waals surface area contributed by atoms with Crippen molar-refractivity contribution < 1.29 is 9.53 Å². The summed E-state index contributed by atoms with van der Waals surface area (Å²) in [7, 11) is 0. The van der Waals surface area contributed by atoms with Gasteiger partial charge in [-0.05, 0) is 55.5 Å². The number of ether oxygens (including phenoxy) is 1. The molecule has 1 amide bonds. The van der Waals surface area contributed by atoms with Gasteiger partial charge in [0.25, 0.3) is 5.91 Å². The summed E-state index contributed by atoms with van der Waals surface area (Å²) in [5.41, 5.74) is 4.86. The Bertz CT molecular complexity index is 723. The summed E-state index contributed by atoms with van der Waals surface area (Å²) in [4.78, 5) is 14.6. The van der Waals surface area contributed by atoms with Gasteiger partial charge in [0.15, 0.2) is 6.10 Å². The van der Waals surface area contributed by atoms with Gasteiger partial charge in [-0.3, -0.25) is 4.79 Å². The Balaban J connectivity index is 1.70. The van der Waals surface area contributed by atoms with Gasteiger partial charge in [-0.1, -0.05) is 36.4 Å². The van der Waals surface area contributed by atoms with Crippen molar-refractivity contribution in [3.63, 3.8) is 0 Å². The number of aryl methyl sites for hydroxylation is 1. The van der Waals surface area contributed by atoms with Crippen molar-refractivity contribution in [2.24, 2.45) is 0 Å². The van der Waals surface area contributed by atoms with E-state index in [9.17, 15) is 4.79 Å². The van der Waals surface area contributed by atoms with Crippen molar-refractivity contribution in [1.29, 1.82) is 0 Å². The van der Waals surface area contributed by atoms with Crippen molar-refractivity contribution in [3.8, 4) is 5.75 Å². The van der Waals surface area contributed by atoms with E-state index >= 15 is 0 Å². The molecule has 1 aliphatic heterocycles. The van der Waals surface area contributed by atoms with Crippen molar-refractivity contribution >= 4 is 5.91 Å². The zero-order valence-corrected chi connectivity index (χ0v) is 14.0. The Hall–Kier alpha value is -2.29. The van der Waals surface area contributed by atoms with Gasteiger partial charge in [0, 0.05) is 13.1 Å². The van der Waals surface area contributed by atoms with E-state index in [1.807, 2.05) is 36.9 Å². The number of amides is 1. The summed E-state index contributed by atoms with van der Waals surface area (Å²) in [5, 5.41) is 0. The molecule has 1 atom stereocenters. The van der Waals surface area contributed by atoms with E-state index in [0.717, 1.165) is 24.3 Å². The molecule has 2 aromatic rings. The van der Waals surface area contributed by atoms with Crippen molar-refractivity contribution in [2.75, 3.05) is 6.54 Å². The third kappa shape index (κ3) is 3.24. The minimum atomic E-state index is -0.472. The van der Waals surface area contributed by atoms with Gasteiger partial charge in [-0.15, -0.1) is 0 Å². The van der Waals surface area contributed by atoms with E-state index in [0.29, 0.717) is 6.54 Å². The lowest BCUT2D eigenvalue weighted by Crippen LogP contribution is -2.43. The Morgan fingerprint density at radius 1 is 1.09 bits per heavy atom. The number of hydrogen-bond acceptors (Lipinski definition) is 2. The highest BCUT2D eigenvalue weighted by Gasteiger charge is 2.26. The molecule has 0 aliphatic carbocycles. The Morgan fingerprint density at radius 3 is 2.61 bits per heavy atom. The molecule has 0 fully saturated rings. The fourth-order valence-corrected chi connectivity index (χ4v) is 3.03. The zero-order valence-electron chi connectivity index (χ0n) is 14.0. The second-order valence-electron chi connectivity index (χ2n) is 6.24. The molecule has 0 spiro atoms. The van der Waals surface area contributed by atoms with Crippen LogP contribution in [0.2, 0.25) is 0 Å². The van der Waals surface area contributed by atoms with Crippen LogP contribution >= 0.6 is 0 Å². The van der Waals surface area contributed by atoms with Gasteiger partial charge in [0.2, 0.25) is 0 Å². The molecule has 0 saturated heterocycles. The van der Waals surface area contributed by atoms with Gasteiger partial charge in [-0.2, -0.15) is 0 Å². The van der Waals surface area contributed by atoms with Crippen LogP contribution in [0.25, 0.3) is 0 Å². The van der Waals surface area contributed by atoms with E-state index in [1.54, 1.807) is 0 Å². The smallest absolute Gasteiger partial charge is 0.263 e. The van der Waals surface area contributed by atoms with E-state index in [4.69, 9.17) is 4.74 Å². The lowest BCUT2D eigenvalue weighted by molar-refractivity contribution is -0.138. The molecule has 0 saturated carbocycles. The number of fused-ring (bicyclic) bond motifs is 1. The molecular formula is C20H23NO2. The van der Waals surface area contributed by atoms with Crippen LogP contribution < -0.4 is 4.74 Å². The Labute approximate surface area is 137 Å². The lowest BCUT2D eigenvalue weighted by Gasteiger charge is -2.31. The van der Waals surface area contributed by atoms with Crippen molar-refractivity contribution in [1.82, 2.24) is 4.90 Å². The predicted octanol–water partition coefficient (Wildman–Crippen LogP) is 3.66. The maximum absolute atomic E-state index is 12.7. The van der Waals surface area contributed by atoms with Gasteiger partial charge in [0.1, 0.15) is 5.75 Å². The minimum absolute atomic E-state index is 0.0559. The van der Waals surface area contributed by atoms with E-state index in [2.05, 4.69) is 31.2 Å². The zero-order chi connectivity index (χ0) is 16.4. The highest BCUT2D eigenvalue weighted by molar-refractivity contribution is 5.81. The van der Waals surface area contributed by atoms with Gasteiger partial charge < -0.3 is 9.64 Å². The second-order valence-corrected chi connectivity index (χ2v) is 6.24. The van der Waals surface area contributed by atoms with Gasteiger partial charge in [-0.25, -0.2) is 0 Å². The molecule has 1 heterocycles. The first kappa shape index (κ1) is 15.6. The molecule has 120 valence electrons. The standard InChI is InChI=1S/C20H23NO2/c1-14-7-6-10-19(15(14)2)23-16(3)20(22)21-12-11-17-8-4-5-9-18(17)13-21/h4-10,16H,11-13H2,1-3H3/t16-/m1/s1. The largest absolute Gasteiger partial charge is 0.481 e. The topological polar surface area (TPSA) is 29.5 Å². The average Bonchev–Trinajstić information content (AvgIpc) is 2.57. The summed E-state index contributed by atoms with van der Waals surface area (Å²) in [6.07, 6.45) is 0.443. The van der Waals surface area contributed by atoms with Crippen LogP contribution in [0.4, 0.5) is 0 Å². The van der Waals surface area contributed by atoms with Crippen LogP contribution in [0.3, 0.4) is 0 Å². The molecule has 3 nitrogen and oxygen atoms in total. The molecule has 2 aromatic carbocycles. The third-order valence-corrected chi connectivity index (χ3v) is 4.65. The maximum Gasteiger partial charge on any atom is 0.263 e. The first-order chi connectivity index (χ1) is 11.1. The van der Waals surface area contributed by atoms with E-state index < -0.39 is 6.10 Å². The van der Waals surface area contributed by atoms with Crippen LogP contribution in [0.1, 0.15) is 29.2 Å². The minimum Gasteiger partial charge on any atom is -0.481 e. The van der Waals surface area contributed by atoms with E-state index in [1.165, 1.54) is 16.7 Å². The fraction of sp³-hybridized carbons (Fsp3) is 0.350. The number of carbonyl (C=O) groups excluding carboxylic acids is 1. The summed E-state index contributed by atoms with van der Waals surface area (Å²) in [6, 6.07) is 14.3. The molecular weight excluding hydrogens is 286 g/mol. The Morgan fingerprint density at radius 2 is 1.83 bits per heavy atom.